The maximum atomic E-state index is 11.6. The summed E-state index contributed by atoms with van der Waals surface area (Å²) in [6.45, 7) is 4.20. The normalized spacial score (nSPS) is 12.5. The fourth-order valence-electron chi connectivity index (χ4n) is 2.64. The molecule has 0 saturated heterocycles. The van der Waals surface area contributed by atoms with E-state index in [1.165, 1.54) is 0 Å². The smallest absolute Gasteiger partial charge is 0.151 e. The van der Waals surface area contributed by atoms with E-state index in [9.17, 15) is 4.79 Å². The molecule has 0 fully saturated rings. The molecule has 0 amide bonds. The summed E-state index contributed by atoms with van der Waals surface area (Å²) in [4.78, 5) is 11.6. The fourth-order valence-corrected chi connectivity index (χ4v) is 2.64. The first-order chi connectivity index (χ1) is 11.3. The van der Waals surface area contributed by atoms with Gasteiger partial charge in [-0.15, -0.1) is 0 Å². The van der Waals surface area contributed by atoms with Crippen molar-refractivity contribution in [2.24, 2.45) is 0 Å². The van der Waals surface area contributed by atoms with Crippen molar-refractivity contribution in [3.8, 4) is 0 Å². The number of hydrogen-bond donors (Lipinski definition) is 0. The second-order valence-electron chi connectivity index (χ2n) is 5.60. The van der Waals surface area contributed by atoms with E-state index in [2.05, 4.69) is 50.3 Å². The van der Waals surface area contributed by atoms with Gasteiger partial charge in [0.15, 0.2) is 6.29 Å². The number of carbonyl (C=O) groups is 1. The van der Waals surface area contributed by atoms with Gasteiger partial charge in [0, 0.05) is 5.56 Å². The molecule has 118 valence electrons. The number of benzene rings is 2. The van der Waals surface area contributed by atoms with Gasteiger partial charge in [0.2, 0.25) is 0 Å². The Morgan fingerprint density at radius 3 is 2.57 bits per heavy atom. The van der Waals surface area contributed by atoms with E-state index >= 15 is 0 Å². The second-order valence-corrected chi connectivity index (χ2v) is 5.60. The molecule has 0 unspecified atom stereocenters. The first-order valence-electron chi connectivity index (χ1n) is 8.23. The maximum Gasteiger partial charge on any atom is 0.151 e. The minimum absolute atomic E-state index is 0.774. The number of allylic oxidation sites excluding steroid dienone is 6. The topological polar surface area (TPSA) is 17.1 Å². The predicted octanol–water partition coefficient (Wildman–Crippen LogP) is 6.36. The van der Waals surface area contributed by atoms with Gasteiger partial charge in [-0.2, -0.15) is 0 Å². The molecule has 2 aromatic carbocycles. The highest BCUT2D eigenvalue weighted by Crippen LogP contribution is 2.26. The Balaban J connectivity index is 2.18. The van der Waals surface area contributed by atoms with E-state index in [0.29, 0.717) is 0 Å². The first kappa shape index (κ1) is 17.0. The molecule has 0 N–H and O–H groups in total. The van der Waals surface area contributed by atoms with E-state index in [0.717, 1.165) is 53.0 Å². The van der Waals surface area contributed by atoms with E-state index in [1.54, 1.807) is 0 Å². The zero-order chi connectivity index (χ0) is 16.5. The molecule has 2 rings (SSSR count). The van der Waals surface area contributed by atoms with Gasteiger partial charge in [0.1, 0.15) is 0 Å². The van der Waals surface area contributed by atoms with Crippen molar-refractivity contribution in [3.63, 3.8) is 0 Å². The van der Waals surface area contributed by atoms with Gasteiger partial charge < -0.3 is 0 Å². The maximum absolute atomic E-state index is 11.6. The van der Waals surface area contributed by atoms with E-state index in [1.807, 2.05) is 30.3 Å². The molecular weight excluding hydrogens is 280 g/mol. The fraction of sp³-hybridized carbons (Fsp3) is 0.227. The lowest BCUT2D eigenvalue weighted by Crippen LogP contribution is -1.92. The first-order valence-corrected chi connectivity index (χ1v) is 8.23. The largest absolute Gasteiger partial charge is 0.298 e. The molecule has 23 heavy (non-hydrogen) atoms. The van der Waals surface area contributed by atoms with Crippen LogP contribution in [0.5, 0.6) is 0 Å². The standard InChI is InChI=1S/C22H24O/c1-3-4-5-6-7-8-9-12-18(2)20-16-15-19-13-10-11-14-21(19)22(20)17-23/h4-5,8-17H,3,6-7H2,1-2H3/b5-4-,9-8?,18-12?. The van der Waals surface area contributed by atoms with Crippen molar-refractivity contribution < 1.29 is 4.79 Å². The van der Waals surface area contributed by atoms with Gasteiger partial charge in [-0.25, -0.2) is 0 Å². The molecule has 2 aromatic rings. The molecule has 0 aliphatic rings. The number of fused-ring (bicyclic) bond motifs is 1. The quantitative estimate of drug-likeness (QED) is 0.252. The Morgan fingerprint density at radius 2 is 1.78 bits per heavy atom. The Kier molecular flexibility index (Phi) is 6.56. The van der Waals surface area contributed by atoms with Crippen molar-refractivity contribution >= 4 is 22.6 Å². The van der Waals surface area contributed by atoms with Crippen LogP contribution >= 0.6 is 0 Å². The molecule has 0 radical (unpaired) electrons. The van der Waals surface area contributed by atoms with Crippen LogP contribution in [0.25, 0.3) is 16.3 Å². The summed E-state index contributed by atoms with van der Waals surface area (Å²) in [6, 6.07) is 12.1. The molecule has 0 aliphatic heterocycles. The Hall–Kier alpha value is -2.41. The Bertz CT molecular complexity index is 748. The summed E-state index contributed by atoms with van der Waals surface area (Å²) < 4.78 is 0. The van der Waals surface area contributed by atoms with Crippen molar-refractivity contribution in [3.05, 3.63) is 77.9 Å². The number of hydrogen-bond acceptors (Lipinski definition) is 1. The molecule has 1 nitrogen and oxygen atoms in total. The van der Waals surface area contributed by atoms with Crippen LogP contribution in [0.15, 0.2) is 66.8 Å². The summed E-state index contributed by atoms with van der Waals surface area (Å²) in [7, 11) is 0. The zero-order valence-corrected chi connectivity index (χ0v) is 14.0. The lowest BCUT2D eigenvalue weighted by molar-refractivity contribution is 0.112. The molecule has 0 saturated carbocycles. The van der Waals surface area contributed by atoms with Crippen LogP contribution in [-0.2, 0) is 0 Å². The lowest BCUT2D eigenvalue weighted by atomic mass is 9.95. The Morgan fingerprint density at radius 1 is 1.00 bits per heavy atom. The van der Waals surface area contributed by atoms with Crippen molar-refractivity contribution in [1.29, 1.82) is 0 Å². The highest BCUT2D eigenvalue weighted by atomic mass is 16.1. The summed E-state index contributed by atoms with van der Waals surface area (Å²) >= 11 is 0. The molecule has 0 aliphatic carbocycles. The van der Waals surface area contributed by atoms with E-state index < -0.39 is 0 Å². The van der Waals surface area contributed by atoms with Crippen LogP contribution in [0.1, 0.15) is 49.0 Å². The summed E-state index contributed by atoms with van der Waals surface area (Å²) in [5.74, 6) is 0. The van der Waals surface area contributed by atoms with Crippen LogP contribution in [0, 0.1) is 0 Å². The van der Waals surface area contributed by atoms with Gasteiger partial charge in [-0.3, -0.25) is 4.79 Å². The number of carbonyl (C=O) groups excluding carboxylic acids is 1. The molecule has 0 atom stereocenters. The SMILES string of the molecule is CC/C=C\CCC=CC=C(C)c1ccc2ccccc2c1C=O. The van der Waals surface area contributed by atoms with E-state index in [4.69, 9.17) is 0 Å². The second kappa shape index (κ2) is 8.89. The zero-order valence-electron chi connectivity index (χ0n) is 14.0. The molecule has 0 aromatic heterocycles. The number of unbranched alkanes of at least 4 members (excludes halogenated alkanes) is 1. The average Bonchev–Trinajstić information content (AvgIpc) is 2.59. The number of rotatable bonds is 7. The molecule has 1 heteroatoms. The Labute approximate surface area is 139 Å². The van der Waals surface area contributed by atoms with Crippen LogP contribution in [0.3, 0.4) is 0 Å². The highest BCUT2D eigenvalue weighted by molar-refractivity contribution is 6.02. The summed E-state index contributed by atoms with van der Waals surface area (Å²) in [5.41, 5.74) is 2.89. The minimum atomic E-state index is 0.774. The third-order valence-corrected chi connectivity index (χ3v) is 3.90. The van der Waals surface area contributed by atoms with Crippen LogP contribution in [0.4, 0.5) is 0 Å². The van der Waals surface area contributed by atoms with Crippen LogP contribution < -0.4 is 0 Å². The van der Waals surface area contributed by atoms with Gasteiger partial charge in [0.05, 0.1) is 0 Å². The van der Waals surface area contributed by atoms with Crippen molar-refractivity contribution in [1.82, 2.24) is 0 Å². The molecular formula is C22H24O. The van der Waals surface area contributed by atoms with Gasteiger partial charge in [-0.1, -0.05) is 73.7 Å². The summed E-state index contributed by atoms with van der Waals surface area (Å²) in [6.07, 6.45) is 14.9. The van der Waals surface area contributed by atoms with Crippen LogP contribution in [0.2, 0.25) is 0 Å². The van der Waals surface area contributed by atoms with Crippen molar-refractivity contribution in [2.45, 2.75) is 33.1 Å². The van der Waals surface area contributed by atoms with Crippen LogP contribution in [-0.4, -0.2) is 6.29 Å². The van der Waals surface area contributed by atoms with Crippen molar-refractivity contribution in [2.75, 3.05) is 0 Å². The van der Waals surface area contributed by atoms with E-state index in [-0.39, 0.29) is 0 Å². The number of aldehydes is 1. The lowest BCUT2D eigenvalue weighted by Gasteiger charge is -2.08. The third-order valence-electron chi connectivity index (χ3n) is 3.90. The van der Waals surface area contributed by atoms with Gasteiger partial charge in [0.25, 0.3) is 0 Å². The molecule has 0 spiro atoms. The average molecular weight is 304 g/mol. The molecule has 0 bridgehead atoms. The monoisotopic (exact) mass is 304 g/mol. The summed E-state index contributed by atoms with van der Waals surface area (Å²) in [5, 5.41) is 2.12. The van der Waals surface area contributed by atoms with Gasteiger partial charge >= 0.3 is 0 Å². The third kappa shape index (κ3) is 4.53. The molecule has 0 heterocycles. The van der Waals surface area contributed by atoms with Gasteiger partial charge in [-0.05, 0) is 48.1 Å². The predicted molar refractivity (Wildman–Crippen MR) is 101 cm³/mol. The minimum Gasteiger partial charge on any atom is -0.298 e. The highest BCUT2D eigenvalue weighted by Gasteiger charge is 2.07.